The van der Waals surface area contributed by atoms with Gasteiger partial charge in [-0.25, -0.2) is 9.97 Å². The summed E-state index contributed by atoms with van der Waals surface area (Å²) in [5.74, 6) is 0.0841. The molecule has 0 saturated carbocycles. The highest BCUT2D eigenvalue weighted by atomic mass is 16.1. The molecule has 1 aliphatic rings. The second-order valence-electron chi connectivity index (χ2n) is 11.7. The van der Waals surface area contributed by atoms with Crippen molar-refractivity contribution in [2.75, 3.05) is 58.0 Å². The van der Waals surface area contributed by atoms with Crippen LogP contribution in [0.25, 0.3) is 11.3 Å². The molecule has 0 bridgehead atoms. The van der Waals surface area contributed by atoms with Crippen molar-refractivity contribution in [1.82, 2.24) is 29.7 Å². The maximum atomic E-state index is 13.1. The van der Waals surface area contributed by atoms with Gasteiger partial charge in [0.25, 0.3) is 5.91 Å². The number of anilines is 3. The van der Waals surface area contributed by atoms with Gasteiger partial charge in [-0.05, 0) is 68.4 Å². The Kier molecular flexibility index (Phi) is 9.96. The first kappa shape index (κ1) is 31.5. The average molecular weight is 605 g/mol. The Balaban J connectivity index is 1.25. The average Bonchev–Trinajstić information content (AvgIpc) is 3.04. The Morgan fingerprint density at radius 3 is 2.44 bits per heavy atom. The predicted octanol–water partition coefficient (Wildman–Crippen LogP) is 5.24. The zero-order chi connectivity index (χ0) is 31.9. The van der Waals surface area contributed by atoms with Crippen LogP contribution in [0.3, 0.4) is 0 Å². The summed E-state index contributed by atoms with van der Waals surface area (Å²) < 4.78 is 0. The van der Waals surface area contributed by atoms with Gasteiger partial charge in [-0.1, -0.05) is 18.2 Å². The number of nitrogens with zero attached hydrogens (tertiary/aromatic N) is 6. The first-order chi connectivity index (χ1) is 21.6. The number of aryl methyl sites for hydroxylation is 1. The molecule has 0 aliphatic carbocycles. The van der Waals surface area contributed by atoms with Crippen LogP contribution in [-0.2, 0) is 6.54 Å². The van der Waals surface area contributed by atoms with Crippen LogP contribution in [0.4, 0.5) is 17.3 Å². The molecule has 0 spiro atoms. The standard InChI is InChI=1S/C35H40N8O2/c1-24-6-11-30(38-34(45)27-9-7-26(8-10-27)23-43-16-14-42(5)15-17-43)20-32(24)40-35-37-13-12-31(39-35)28-19-29(22-36-21-28)33(44)18-25(2)41(3)4/h6-13,18-22H,14-17,23H2,1-5H3,(H,38,45)(H,37,39,40)/b25-18+. The number of carbonyl (C=O) groups excluding carboxylic acids is 2. The van der Waals surface area contributed by atoms with Gasteiger partial charge in [0.1, 0.15) is 0 Å². The van der Waals surface area contributed by atoms with E-state index in [0.717, 1.165) is 49.7 Å². The molecule has 0 atom stereocenters. The van der Waals surface area contributed by atoms with Gasteiger partial charge in [0, 0.05) is 105 Å². The van der Waals surface area contributed by atoms with Crippen LogP contribution in [-0.4, -0.2) is 88.7 Å². The maximum Gasteiger partial charge on any atom is 0.255 e. The zero-order valence-corrected chi connectivity index (χ0v) is 26.5. The van der Waals surface area contributed by atoms with Gasteiger partial charge in [0.05, 0.1) is 5.69 Å². The van der Waals surface area contributed by atoms with Crippen molar-refractivity contribution in [2.45, 2.75) is 20.4 Å². The highest BCUT2D eigenvalue weighted by Crippen LogP contribution is 2.25. The van der Waals surface area contributed by atoms with E-state index < -0.39 is 0 Å². The SMILES string of the molecule is C/C(=C\C(=O)c1cncc(-c2ccnc(Nc3cc(NC(=O)c4ccc(CN5CCN(C)CC5)cc4)ccc3C)n2)c1)N(C)C. The predicted molar refractivity (Wildman–Crippen MR) is 179 cm³/mol. The van der Waals surface area contributed by atoms with Crippen LogP contribution in [0.5, 0.6) is 0 Å². The fraction of sp³-hybridized carbons (Fsp3) is 0.286. The minimum absolute atomic E-state index is 0.126. The van der Waals surface area contributed by atoms with Crippen molar-refractivity contribution < 1.29 is 9.59 Å². The van der Waals surface area contributed by atoms with E-state index >= 15 is 0 Å². The fourth-order valence-electron chi connectivity index (χ4n) is 4.88. The largest absolute Gasteiger partial charge is 0.381 e. The number of pyridine rings is 1. The van der Waals surface area contributed by atoms with E-state index in [-0.39, 0.29) is 11.7 Å². The second-order valence-corrected chi connectivity index (χ2v) is 11.7. The summed E-state index contributed by atoms with van der Waals surface area (Å²) in [4.78, 5) is 45.8. The summed E-state index contributed by atoms with van der Waals surface area (Å²) in [5, 5.41) is 6.29. The van der Waals surface area contributed by atoms with Crippen molar-refractivity contribution in [2.24, 2.45) is 0 Å². The molecule has 2 aromatic carbocycles. The normalized spacial score (nSPS) is 14.2. The van der Waals surface area contributed by atoms with Crippen LogP contribution < -0.4 is 10.6 Å². The molecule has 2 N–H and O–H groups in total. The number of piperazine rings is 1. The number of rotatable bonds is 10. The van der Waals surface area contributed by atoms with Gasteiger partial charge < -0.3 is 20.4 Å². The van der Waals surface area contributed by atoms with Gasteiger partial charge in [0.15, 0.2) is 5.78 Å². The van der Waals surface area contributed by atoms with E-state index in [9.17, 15) is 9.59 Å². The molecule has 4 aromatic rings. The van der Waals surface area contributed by atoms with Crippen molar-refractivity contribution >= 4 is 29.0 Å². The number of nitrogens with one attached hydrogen (secondary N) is 2. The Bertz CT molecular complexity index is 1690. The van der Waals surface area contributed by atoms with Gasteiger partial charge in [-0.2, -0.15) is 0 Å². The first-order valence-electron chi connectivity index (χ1n) is 15.0. The summed E-state index contributed by atoms with van der Waals surface area (Å²) in [6.45, 7) is 9.00. The molecule has 0 radical (unpaired) electrons. The van der Waals surface area contributed by atoms with Crippen LogP contribution in [0.2, 0.25) is 0 Å². The molecule has 10 heteroatoms. The van der Waals surface area contributed by atoms with Crippen molar-refractivity contribution in [1.29, 1.82) is 0 Å². The number of hydrogen-bond acceptors (Lipinski definition) is 9. The molecule has 3 heterocycles. The maximum absolute atomic E-state index is 13.1. The lowest BCUT2D eigenvalue weighted by Gasteiger charge is -2.32. The van der Waals surface area contributed by atoms with Crippen molar-refractivity contribution in [3.8, 4) is 11.3 Å². The molecule has 1 aliphatic heterocycles. The summed E-state index contributed by atoms with van der Waals surface area (Å²) in [5.41, 5.74) is 6.84. The van der Waals surface area contributed by atoms with Crippen LogP contribution in [0.15, 0.2) is 85.0 Å². The molecule has 2 aromatic heterocycles. The Morgan fingerprint density at radius 1 is 0.956 bits per heavy atom. The number of aromatic nitrogens is 3. The van der Waals surface area contributed by atoms with E-state index in [1.165, 1.54) is 5.56 Å². The number of allylic oxidation sites excluding steroid dienone is 2. The van der Waals surface area contributed by atoms with E-state index in [1.54, 1.807) is 36.8 Å². The second kappa shape index (κ2) is 14.2. The Morgan fingerprint density at radius 2 is 1.71 bits per heavy atom. The Hall–Kier alpha value is -4.93. The molecule has 1 amide bonds. The number of hydrogen-bond donors (Lipinski definition) is 2. The smallest absolute Gasteiger partial charge is 0.255 e. The summed E-state index contributed by atoms with van der Waals surface area (Å²) in [6.07, 6.45) is 6.47. The van der Waals surface area contributed by atoms with Crippen LogP contribution >= 0.6 is 0 Å². The monoisotopic (exact) mass is 604 g/mol. The lowest BCUT2D eigenvalue weighted by molar-refractivity contribution is 0.102. The van der Waals surface area contributed by atoms with Crippen molar-refractivity contribution in [3.63, 3.8) is 0 Å². The fourth-order valence-corrected chi connectivity index (χ4v) is 4.88. The number of carbonyl (C=O) groups is 2. The highest BCUT2D eigenvalue weighted by molar-refractivity contribution is 6.05. The van der Waals surface area contributed by atoms with E-state index in [2.05, 4.69) is 42.4 Å². The van der Waals surface area contributed by atoms with E-state index in [1.807, 2.05) is 75.3 Å². The van der Waals surface area contributed by atoms with Crippen LogP contribution in [0.1, 0.15) is 38.8 Å². The van der Waals surface area contributed by atoms with Gasteiger partial charge in [-0.3, -0.25) is 19.5 Å². The molecule has 1 fully saturated rings. The molecule has 232 valence electrons. The lowest BCUT2D eigenvalue weighted by atomic mass is 10.1. The molecule has 45 heavy (non-hydrogen) atoms. The molecule has 1 saturated heterocycles. The third kappa shape index (κ3) is 8.37. The van der Waals surface area contributed by atoms with E-state index in [0.29, 0.717) is 34.0 Å². The van der Waals surface area contributed by atoms with E-state index in [4.69, 9.17) is 0 Å². The third-order valence-corrected chi connectivity index (χ3v) is 7.98. The minimum atomic E-state index is -0.174. The number of benzene rings is 2. The number of amides is 1. The van der Waals surface area contributed by atoms with Crippen molar-refractivity contribution in [3.05, 3.63) is 107 Å². The quantitative estimate of drug-likeness (QED) is 0.186. The molecule has 5 rings (SSSR count). The van der Waals surface area contributed by atoms with Gasteiger partial charge in [0.2, 0.25) is 5.95 Å². The number of ketones is 1. The van der Waals surface area contributed by atoms with Crippen LogP contribution in [0, 0.1) is 6.92 Å². The Labute approximate surface area is 264 Å². The highest BCUT2D eigenvalue weighted by Gasteiger charge is 2.15. The molecule has 0 unspecified atom stereocenters. The third-order valence-electron chi connectivity index (χ3n) is 7.98. The molecule has 10 nitrogen and oxygen atoms in total. The summed E-state index contributed by atoms with van der Waals surface area (Å²) in [6, 6.07) is 17.0. The molecular formula is C35H40N8O2. The molecular weight excluding hydrogens is 564 g/mol. The zero-order valence-electron chi connectivity index (χ0n) is 26.5. The first-order valence-corrected chi connectivity index (χ1v) is 15.0. The summed E-state index contributed by atoms with van der Waals surface area (Å²) in [7, 11) is 5.94. The lowest BCUT2D eigenvalue weighted by Crippen LogP contribution is -2.43. The van der Waals surface area contributed by atoms with Gasteiger partial charge >= 0.3 is 0 Å². The number of likely N-dealkylation sites (N-methyl/N-ethyl adjacent to an activating group) is 1. The minimum Gasteiger partial charge on any atom is -0.381 e. The topological polar surface area (TPSA) is 107 Å². The summed E-state index contributed by atoms with van der Waals surface area (Å²) >= 11 is 0. The van der Waals surface area contributed by atoms with Gasteiger partial charge in [-0.15, -0.1) is 0 Å².